The van der Waals surface area contributed by atoms with Crippen LogP contribution in [0.25, 0.3) is 0 Å². The number of anilines is 1. The van der Waals surface area contributed by atoms with Gasteiger partial charge in [0, 0.05) is 0 Å². The van der Waals surface area contributed by atoms with E-state index < -0.39 is 28.0 Å². The minimum Gasteiger partial charge on any atom is -0.477 e. The van der Waals surface area contributed by atoms with Crippen LogP contribution in [0.5, 0.6) is 0 Å². The van der Waals surface area contributed by atoms with Crippen LogP contribution in [0.4, 0.5) is 15.8 Å². The molecule has 0 aliphatic heterocycles. The van der Waals surface area contributed by atoms with E-state index in [1.165, 1.54) is 0 Å². The molecule has 9 nitrogen and oxygen atoms in total. The Bertz CT molecular complexity index is 658. The summed E-state index contributed by atoms with van der Waals surface area (Å²) in [5.41, 5.74) is -1.65. The van der Waals surface area contributed by atoms with Crippen LogP contribution in [0.1, 0.15) is 16.2 Å². The highest BCUT2D eigenvalue weighted by Gasteiger charge is 2.23. The lowest BCUT2D eigenvalue weighted by Crippen LogP contribution is -2.08. The summed E-state index contributed by atoms with van der Waals surface area (Å²) in [6, 6.07) is 1.39. The number of benzene rings is 1. The number of nitro benzene ring substituents is 1. The van der Waals surface area contributed by atoms with E-state index in [1.807, 2.05) is 0 Å². The third-order valence-electron chi connectivity index (χ3n) is 2.36. The standard InChI is InChI=1S/C10H7FN4O5/c11-6-2-8(15(18)19)5(10(16)17)1-7(6)12-3-9-13-4-20-14-9/h1-2,4,12H,3H2,(H,16,17). The first-order valence-corrected chi connectivity index (χ1v) is 5.19. The molecule has 0 saturated carbocycles. The lowest BCUT2D eigenvalue weighted by molar-refractivity contribution is -0.385. The first-order chi connectivity index (χ1) is 9.49. The zero-order valence-corrected chi connectivity index (χ0v) is 9.74. The average molecular weight is 282 g/mol. The highest BCUT2D eigenvalue weighted by atomic mass is 19.1. The molecule has 104 valence electrons. The molecule has 10 heteroatoms. The fraction of sp³-hybridized carbons (Fsp3) is 0.100. The molecule has 0 amide bonds. The monoisotopic (exact) mass is 282 g/mol. The molecule has 1 heterocycles. The summed E-state index contributed by atoms with van der Waals surface area (Å²) in [5, 5.41) is 25.5. The molecule has 0 aliphatic rings. The number of carboxylic acids is 1. The maximum absolute atomic E-state index is 13.7. The Morgan fingerprint density at radius 1 is 1.55 bits per heavy atom. The summed E-state index contributed by atoms with van der Waals surface area (Å²) in [4.78, 5) is 24.3. The smallest absolute Gasteiger partial charge is 0.342 e. The Hall–Kier alpha value is -3.04. The van der Waals surface area contributed by atoms with Gasteiger partial charge in [0.2, 0.25) is 6.39 Å². The summed E-state index contributed by atoms with van der Waals surface area (Å²) in [6.45, 7) is -0.0235. The second-order valence-electron chi connectivity index (χ2n) is 3.61. The molecular formula is C10H7FN4O5. The van der Waals surface area contributed by atoms with Crippen LogP contribution in [0.15, 0.2) is 23.0 Å². The average Bonchev–Trinajstić information content (AvgIpc) is 2.89. The van der Waals surface area contributed by atoms with Gasteiger partial charge >= 0.3 is 5.97 Å². The van der Waals surface area contributed by atoms with Gasteiger partial charge in [-0.1, -0.05) is 5.16 Å². The molecule has 2 aromatic rings. The molecule has 0 saturated heterocycles. The van der Waals surface area contributed by atoms with Gasteiger partial charge in [-0.25, -0.2) is 9.18 Å². The third-order valence-corrected chi connectivity index (χ3v) is 2.36. The fourth-order valence-corrected chi connectivity index (χ4v) is 1.47. The maximum Gasteiger partial charge on any atom is 0.342 e. The molecule has 0 fully saturated rings. The number of halogens is 1. The highest BCUT2D eigenvalue weighted by Crippen LogP contribution is 2.26. The van der Waals surface area contributed by atoms with Crippen molar-refractivity contribution in [2.24, 2.45) is 0 Å². The van der Waals surface area contributed by atoms with E-state index in [0.717, 1.165) is 12.5 Å². The van der Waals surface area contributed by atoms with Crippen molar-refractivity contribution in [3.8, 4) is 0 Å². The number of aromatic nitrogens is 2. The Kier molecular flexibility index (Phi) is 3.55. The van der Waals surface area contributed by atoms with Crippen LogP contribution in [-0.2, 0) is 6.54 Å². The van der Waals surface area contributed by atoms with Gasteiger partial charge in [0.1, 0.15) is 5.56 Å². The summed E-state index contributed by atoms with van der Waals surface area (Å²) in [6.07, 6.45) is 1.08. The number of carbonyl (C=O) groups is 1. The normalized spacial score (nSPS) is 10.2. The number of nitrogens with one attached hydrogen (secondary N) is 1. The van der Waals surface area contributed by atoms with Crippen molar-refractivity contribution in [1.82, 2.24) is 10.1 Å². The first-order valence-electron chi connectivity index (χ1n) is 5.19. The highest BCUT2D eigenvalue weighted by molar-refractivity contribution is 5.93. The Morgan fingerprint density at radius 2 is 2.30 bits per heavy atom. The molecule has 2 rings (SSSR count). The predicted octanol–water partition coefficient (Wildman–Crippen LogP) is 1.43. The van der Waals surface area contributed by atoms with Crippen molar-refractivity contribution in [2.45, 2.75) is 6.54 Å². The SMILES string of the molecule is O=C(O)c1cc(NCc2ncon2)c(F)cc1[N+](=O)[O-]. The zero-order valence-electron chi connectivity index (χ0n) is 9.74. The van der Waals surface area contributed by atoms with Gasteiger partial charge in [-0.05, 0) is 6.07 Å². The van der Waals surface area contributed by atoms with Crippen LogP contribution in [0.2, 0.25) is 0 Å². The minimum absolute atomic E-state index is 0.0235. The zero-order chi connectivity index (χ0) is 14.7. The van der Waals surface area contributed by atoms with Gasteiger partial charge in [-0.3, -0.25) is 10.1 Å². The van der Waals surface area contributed by atoms with Gasteiger partial charge in [-0.15, -0.1) is 0 Å². The summed E-state index contributed by atoms with van der Waals surface area (Å²) < 4.78 is 18.1. The van der Waals surface area contributed by atoms with Gasteiger partial charge in [0.15, 0.2) is 11.6 Å². The number of hydrogen-bond donors (Lipinski definition) is 2. The quantitative estimate of drug-likeness (QED) is 0.621. The van der Waals surface area contributed by atoms with Gasteiger partial charge in [0.05, 0.1) is 23.2 Å². The second kappa shape index (κ2) is 5.30. The van der Waals surface area contributed by atoms with Crippen molar-refractivity contribution < 1.29 is 23.7 Å². The van der Waals surface area contributed by atoms with Crippen LogP contribution >= 0.6 is 0 Å². The first kappa shape index (κ1) is 13.4. The number of rotatable bonds is 5. The van der Waals surface area contributed by atoms with Crippen molar-refractivity contribution >= 4 is 17.3 Å². The Balaban J connectivity index is 2.31. The maximum atomic E-state index is 13.7. The van der Waals surface area contributed by atoms with Crippen molar-refractivity contribution in [1.29, 1.82) is 0 Å². The van der Waals surface area contributed by atoms with E-state index >= 15 is 0 Å². The summed E-state index contributed by atoms with van der Waals surface area (Å²) in [5.74, 6) is -2.26. The topological polar surface area (TPSA) is 131 Å². The third kappa shape index (κ3) is 2.68. The van der Waals surface area contributed by atoms with Crippen molar-refractivity contribution in [2.75, 3.05) is 5.32 Å². The lowest BCUT2D eigenvalue weighted by Gasteiger charge is -2.07. The summed E-state index contributed by atoms with van der Waals surface area (Å²) in [7, 11) is 0. The van der Waals surface area contributed by atoms with Gasteiger partial charge in [-0.2, -0.15) is 4.98 Å². The van der Waals surface area contributed by atoms with Gasteiger partial charge in [0.25, 0.3) is 5.69 Å². The lowest BCUT2D eigenvalue weighted by atomic mass is 10.1. The fourth-order valence-electron chi connectivity index (χ4n) is 1.47. The Morgan fingerprint density at radius 3 is 2.85 bits per heavy atom. The molecule has 0 unspecified atom stereocenters. The molecule has 0 bridgehead atoms. The molecule has 20 heavy (non-hydrogen) atoms. The molecule has 0 aliphatic carbocycles. The molecule has 1 aromatic heterocycles. The van der Waals surface area contributed by atoms with E-state index in [1.54, 1.807) is 0 Å². The van der Waals surface area contributed by atoms with Crippen LogP contribution in [0.3, 0.4) is 0 Å². The predicted molar refractivity (Wildman–Crippen MR) is 61.6 cm³/mol. The Labute approximate surface area is 110 Å². The van der Waals surface area contributed by atoms with E-state index in [9.17, 15) is 19.3 Å². The van der Waals surface area contributed by atoms with E-state index in [-0.39, 0.29) is 18.1 Å². The van der Waals surface area contributed by atoms with Crippen molar-refractivity contribution in [3.05, 3.63) is 45.8 Å². The number of nitro groups is 1. The second-order valence-corrected chi connectivity index (χ2v) is 3.61. The molecule has 0 atom stereocenters. The van der Waals surface area contributed by atoms with Crippen molar-refractivity contribution in [3.63, 3.8) is 0 Å². The number of aromatic carboxylic acids is 1. The largest absolute Gasteiger partial charge is 0.477 e. The van der Waals surface area contributed by atoms with E-state index in [4.69, 9.17) is 5.11 Å². The van der Waals surface area contributed by atoms with Crippen LogP contribution < -0.4 is 5.32 Å². The number of hydrogen-bond acceptors (Lipinski definition) is 7. The molecular weight excluding hydrogens is 275 g/mol. The van der Waals surface area contributed by atoms with Crippen LogP contribution in [0, 0.1) is 15.9 Å². The number of carboxylic acid groups (broad SMARTS) is 1. The van der Waals surface area contributed by atoms with Gasteiger partial charge < -0.3 is 14.9 Å². The molecule has 0 radical (unpaired) electrons. The van der Waals surface area contributed by atoms with E-state index in [0.29, 0.717) is 6.07 Å². The van der Waals surface area contributed by atoms with E-state index in [2.05, 4.69) is 20.0 Å². The van der Waals surface area contributed by atoms with Crippen LogP contribution in [-0.4, -0.2) is 26.1 Å². The minimum atomic E-state index is -1.53. The molecule has 1 aromatic carbocycles. The summed E-state index contributed by atoms with van der Waals surface area (Å²) >= 11 is 0. The molecule has 0 spiro atoms. The number of nitrogens with zero attached hydrogens (tertiary/aromatic N) is 3. The molecule has 2 N–H and O–H groups in total.